The number of nitrogens with one attached hydrogen (secondary N) is 1. The molecule has 3 aromatic carbocycles. The molecule has 0 radical (unpaired) electrons. The minimum atomic E-state index is -0.409. The number of para-hydroxylation sites is 1. The van der Waals surface area contributed by atoms with Crippen LogP contribution >= 0.6 is 0 Å². The minimum absolute atomic E-state index is 0.0341. The van der Waals surface area contributed by atoms with Gasteiger partial charge in [-0.15, -0.1) is 0 Å². The molecule has 1 fully saturated rings. The standard InChI is InChI=1S/C30H30N4O5/c35-27-21-33-20-23-19-25(14-15-26(23)31-30(33)32-27)38-17-8-7-13-28(36)34(24-11-5-2-6-12-24)16-18-39-29(37)22-9-3-1-4-10-22/h1-6,9-12,14-15,19H,7-8,13,16-18,20-21H2,(H,31,32,35). The molecule has 0 unspecified atom stereocenters. The predicted molar refractivity (Wildman–Crippen MR) is 147 cm³/mol. The smallest absolute Gasteiger partial charge is 0.338 e. The molecule has 1 N–H and O–H groups in total. The highest BCUT2D eigenvalue weighted by molar-refractivity contribution is 6.05. The van der Waals surface area contributed by atoms with E-state index < -0.39 is 5.97 Å². The molecule has 1 saturated heterocycles. The van der Waals surface area contributed by atoms with E-state index in [1.54, 1.807) is 29.2 Å². The van der Waals surface area contributed by atoms with Gasteiger partial charge in [-0.2, -0.15) is 0 Å². The summed E-state index contributed by atoms with van der Waals surface area (Å²) in [4.78, 5) is 45.1. The first-order valence-electron chi connectivity index (χ1n) is 13.0. The third-order valence-electron chi connectivity index (χ3n) is 6.50. The molecule has 0 aliphatic carbocycles. The summed E-state index contributed by atoms with van der Waals surface area (Å²) in [5, 5.41) is 2.76. The molecule has 2 aliphatic rings. The number of rotatable bonds is 11. The first-order valence-corrected chi connectivity index (χ1v) is 13.0. The largest absolute Gasteiger partial charge is 0.494 e. The Morgan fingerprint density at radius 2 is 1.69 bits per heavy atom. The summed E-state index contributed by atoms with van der Waals surface area (Å²) < 4.78 is 11.3. The van der Waals surface area contributed by atoms with E-state index in [1.165, 1.54) is 0 Å². The van der Waals surface area contributed by atoms with Gasteiger partial charge < -0.3 is 19.3 Å². The molecule has 5 rings (SSSR count). The number of carbonyl (C=O) groups excluding carboxylic acids is 3. The summed E-state index contributed by atoms with van der Waals surface area (Å²) in [6.07, 6.45) is 1.72. The van der Waals surface area contributed by atoms with Gasteiger partial charge in [-0.05, 0) is 55.3 Å². The van der Waals surface area contributed by atoms with Gasteiger partial charge in [0, 0.05) is 24.2 Å². The summed E-state index contributed by atoms with van der Waals surface area (Å²) in [7, 11) is 0. The summed E-state index contributed by atoms with van der Waals surface area (Å²) in [6.45, 7) is 1.77. The molecule has 3 aromatic rings. The SMILES string of the molecule is O=C1CN2Cc3cc(OCCCCC(=O)N(CCOC(=O)c4ccccc4)c4ccccc4)ccc3N=C2N1. The third-order valence-corrected chi connectivity index (χ3v) is 6.50. The Kier molecular flexibility index (Phi) is 8.16. The topological polar surface area (TPSA) is 101 Å². The van der Waals surface area contributed by atoms with Gasteiger partial charge in [-0.3, -0.25) is 14.9 Å². The van der Waals surface area contributed by atoms with Crippen molar-refractivity contribution in [2.75, 3.05) is 31.2 Å². The van der Waals surface area contributed by atoms with Gasteiger partial charge in [0.1, 0.15) is 18.9 Å². The number of nitrogens with zero attached hydrogens (tertiary/aromatic N) is 3. The van der Waals surface area contributed by atoms with E-state index in [9.17, 15) is 14.4 Å². The van der Waals surface area contributed by atoms with E-state index in [0.717, 1.165) is 22.7 Å². The maximum Gasteiger partial charge on any atom is 0.338 e. The number of carbonyl (C=O) groups is 3. The Labute approximate surface area is 227 Å². The molecule has 2 aliphatic heterocycles. The van der Waals surface area contributed by atoms with Crippen LogP contribution in [0.1, 0.15) is 35.2 Å². The second kappa shape index (κ2) is 12.3. The second-order valence-electron chi connectivity index (χ2n) is 9.32. The van der Waals surface area contributed by atoms with Crippen LogP contribution < -0.4 is 15.0 Å². The fourth-order valence-corrected chi connectivity index (χ4v) is 4.52. The van der Waals surface area contributed by atoms with Crippen LogP contribution in [-0.4, -0.2) is 54.9 Å². The lowest BCUT2D eigenvalue weighted by molar-refractivity contribution is -0.119. The molecule has 0 aromatic heterocycles. The molecular weight excluding hydrogens is 496 g/mol. The number of guanidine groups is 1. The number of unbranched alkanes of at least 4 members (excludes halogenated alkanes) is 1. The van der Waals surface area contributed by atoms with E-state index in [2.05, 4.69) is 10.3 Å². The number of amides is 2. The summed E-state index contributed by atoms with van der Waals surface area (Å²) in [5.74, 6) is 0.848. The molecule has 2 heterocycles. The molecule has 0 atom stereocenters. The van der Waals surface area contributed by atoms with Gasteiger partial charge in [0.2, 0.25) is 17.8 Å². The first kappa shape index (κ1) is 26.0. The molecule has 2 amide bonds. The van der Waals surface area contributed by atoms with Crippen LogP contribution in [0.4, 0.5) is 11.4 Å². The summed E-state index contributed by atoms with van der Waals surface area (Å²) >= 11 is 0. The van der Waals surface area contributed by atoms with Crippen molar-refractivity contribution in [3.63, 3.8) is 0 Å². The Hall–Kier alpha value is -4.66. The Morgan fingerprint density at radius 3 is 2.49 bits per heavy atom. The molecule has 0 saturated carbocycles. The van der Waals surface area contributed by atoms with Crippen molar-refractivity contribution in [1.82, 2.24) is 10.2 Å². The molecule has 9 nitrogen and oxygen atoms in total. The number of ether oxygens (including phenoxy) is 2. The molecule has 9 heteroatoms. The number of fused-ring (bicyclic) bond motifs is 2. The number of esters is 1. The zero-order valence-electron chi connectivity index (χ0n) is 21.5. The van der Waals surface area contributed by atoms with Gasteiger partial charge in [0.25, 0.3) is 0 Å². The molecular formula is C30H30N4O5. The van der Waals surface area contributed by atoms with Crippen LogP contribution in [0.15, 0.2) is 83.9 Å². The average molecular weight is 527 g/mol. The van der Waals surface area contributed by atoms with Gasteiger partial charge >= 0.3 is 5.97 Å². The van der Waals surface area contributed by atoms with Crippen LogP contribution in [0.2, 0.25) is 0 Å². The normalized spacial score (nSPS) is 13.6. The number of hydrogen-bond donors (Lipinski definition) is 1. The van der Waals surface area contributed by atoms with Crippen molar-refractivity contribution < 1.29 is 23.9 Å². The van der Waals surface area contributed by atoms with E-state index in [4.69, 9.17) is 9.47 Å². The van der Waals surface area contributed by atoms with Crippen molar-refractivity contribution in [3.05, 3.63) is 90.0 Å². The third kappa shape index (κ3) is 6.62. The lowest BCUT2D eigenvalue weighted by Crippen LogP contribution is -2.34. The Bertz CT molecular complexity index is 1360. The maximum atomic E-state index is 13.1. The zero-order chi connectivity index (χ0) is 27.0. The molecule has 0 bridgehead atoms. The van der Waals surface area contributed by atoms with Crippen LogP contribution in [0.3, 0.4) is 0 Å². The van der Waals surface area contributed by atoms with Gasteiger partial charge in [0.05, 0.1) is 24.4 Å². The van der Waals surface area contributed by atoms with Crippen LogP contribution in [0.25, 0.3) is 0 Å². The fraction of sp³-hybridized carbons (Fsp3) is 0.267. The van der Waals surface area contributed by atoms with Crippen molar-refractivity contribution in [2.24, 2.45) is 4.99 Å². The van der Waals surface area contributed by atoms with Crippen LogP contribution in [-0.2, 0) is 20.9 Å². The van der Waals surface area contributed by atoms with Crippen LogP contribution in [0.5, 0.6) is 5.75 Å². The van der Waals surface area contributed by atoms with E-state index >= 15 is 0 Å². The maximum absolute atomic E-state index is 13.1. The second-order valence-corrected chi connectivity index (χ2v) is 9.32. The molecule has 39 heavy (non-hydrogen) atoms. The minimum Gasteiger partial charge on any atom is -0.494 e. The lowest BCUT2D eigenvalue weighted by atomic mass is 10.1. The van der Waals surface area contributed by atoms with E-state index in [0.29, 0.717) is 50.5 Å². The summed E-state index contributed by atoms with van der Waals surface area (Å²) in [6, 6.07) is 23.9. The van der Waals surface area contributed by atoms with Gasteiger partial charge in [0.15, 0.2) is 0 Å². The van der Waals surface area contributed by atoms with E-state index in [1.807, 2.05) is 59.5 Å². The predicted octanol–water partition coefficient (Wildman–Crippen LogP) is 4.06. The number of aliphatic imine (C=N–C) groups is 1. The fourth-order valence-electron chi connectivity index (χ4n) is 4.52. The number of hydrogen-bond acceptors (Lipinski definition) is 7. The van der Waals surface area contributed by atoms with Gasteiger partial charge in [-0.1, -0.05) is 36.4 Å². The van der Waals surface area contributed by atoms with Gasteiger partial charge in [-0.25, -0.2) is 9.79 Å². The highest BCUT2D eigenvalue weighted by Gasteiger charge is 2.29. The number of benzene rings is 3. The van der Waals surface area contributed by atoms with Crippen molar-refractivity contribution in [1.29, 1.82) is 0 Å². The molecule has 0 spiro atoms. The van der Waals surface area contributed by atoms with Crippen molar-refractivity contribution in [2.45, 2.75) is 25.8 Å². The van der Waals surface area contributed by atoms with Crippen molar-refractivity contribution >= 4 is 35.1 Å². The van der Waals surface area contributed by atoms with Crippen molar-refractivity contribution in [3.8, 4) is 5.75 Å². The van der Waals surface area contributed by atoms with E-state index in [-0.39, 0.29) is 25.0 Å². The number of anilines is 1. The average Bonchev–Trinajstić information content (AvgIpc) is 3.33. The lowest BCUT2D eigenvalue weighted by Gasteiger charge is -2.23. The molecule has 200 valence electrons. The first-order chi connectivity index (χ1) is 19.1. The summed E-state index contributed by atoms with van der Waals surface area (Å²) in [5.41, 5.74) is 3.09. The Balaban J connectivity index is 1.08. The Morgan fingerprint density at radius 1 is 0.923 bits per heavy atom. The van der Waals surface area contributed by atoms with Crippen LogP contribution in [0, 0.1) is 0 Å². The zero-order valence-corrected chi connectivity index (χ0v) is 21.5. The monoisotopic (exact) mass is 526 g/mol. The highest BCUT2D eigenvalue weighted by atomic mass is 16.5. The highest BCUT2D eigenvalue weighted by Crippen LogP contribution is 2.30. The quantitative estimate of drug-likeness (QED) is 0.299.